The van der Waals surface area contributed by atoms with Gasteiger partial charge in [0.15, 0.2) is 0 Å². The lowest BCUT2D eigenvalue weighted by Crippen LogP contribution is -2.33. The van der Waals surface area contributed by atoms with E-state index < -0.39 is 0 Å². The maximum absolute atomic E-state index is 3.16. The Bertz CT molecular complexity index is 153. The molecule has 0 saturated carbocycles. The third-order valence-corrected chi connectivity index (χ3v) is 3.47. The molecule has 0 aromatic heterocycles. The summed E-state index contributed by atoms with van der Waals surface area (Å²) in [6.07, 6.45) is 2.52. The van der Waals surface area contributed by atoms with Gasteiger partial charge in [-0.1, -0.05) is 6.92 Å². The molecule has 0 spiro atoms. The fourth-order valence-electron chi connectivity index (χ4n) is 1.85. The first kappa shape index (κ1) is 16.6. The highest BCUT2D eigenvalue weighted by molar-refractivity contribution is 14.1. The van der Waals surface area contributed by atoms with Crippen molar-refractivity contribution in [3.05, 3.63) is 0 Å². The smallest absolute Gasteiger partial charge is 0.0169 e. The largest absolute Gasteiger partial charge is 0.306 e. The highest BCUT2D eigenvalue weighted by atomic mass is 127. The number of rotatable bonds is 10. The quantitative estimate of drug-likeness (QED) is 0.374. The second-order valence-electron chi connectivity index (χ2n) is 4.62. The first-order valence-electron chi connectivity index (χ1n) is 6.37. The van der Waals surface area contributed by atoms with Crippen LogP contribution in [0.4, 0.5) is 0 Å². The van der Waals surface area contributed by atoms with Crippen molar-refractivity contribution in [3.63, 3.8) is 0 Å². The van der Waals surface area contributed by atoms with Gasteiger partial charge < -0.3 is 9.80 Å². The molecule has 0 aromatic carbocycles. The molecule has 0 aliphatic rings. The van der Waals surface area contributed by atoms with Crippen molar-refractivity contribution >= 4 is 22.9 Å². The molecular weight excluding hydrogens is 313 g/mol. The molecule has 0 saturated heterocycles. The second-order valence-corrected chi connectivity index (χ2v) is 5.38. The molecule has 0 heterocycles. The van der Waals surface area contributed by atoms with Gasteiger partial charge in [-0.05, 0) is 59.9 Å². The lowest BCUT2D eigenvalue weighted by Gasteiger charge is -2.26. The van der Waals surface area contributed by atoms with Crippen molar-refractivity contribution in [1.29, 1.82) is 0 Å². The summed E-state index contributed by atoms with van der Waals surface area (Å²) in [7, 11) is 2.22. The van der Waals surface area contributed by atoms with E-state index in [-0.39, 0.29) is 0 Å². The van der Waals surface area contributed by atoms with E-state index >= 15 is 0 Å². The van der Waals surface area contributed by atoms with E-state index in [4.69, 9.17) is 0 Å². The fourth-order valence-corrected chi connectivity index (χ4v) is 2.23. The molecule has 0 radical (unpaired) electrons. The van der Waals surface area contributed by atoms with Crippen LogP contribution in [0.25, 0.3) is 0 Å². The zero-order valence-corrected chi connectivity index (χ0v) is 13.5. The highest BCUT2D eigenvalue weighted by Gasteiger charge is 2.06. The molecular formula is C12H28IN3. The molecule has 0 fully saturated rings. The molecule has 98 valence electrons. The summed E-state index contributed by atoms with van der Waals surface area (Å²) in [6.45, 7) is 12.7. The summed E-state index contributed by atoms with van der Waals surface area (Å²) in [4.78, 5) is 4.96. The van der Waals surface area contributed by atoms with Crippen LogP contribution in [0, 0.1) is 0 Å². The zero-order valence-electron chi connectivity index (χ0n) is 11.3. The zero-order chi connectivity index (χ0) is 12.4. The minimum atomic E-state index is 0.679. The van der Waals surface area contributed by atoms with Crippen LogP contribution >= 0.6 is 22.9 Å². The molecule has 0 rings (SSSR count). The minimum absolute atomic E-state index is 0.679. The van der Waals surface area contributed by atoms with Crippen LogP contribution in [0.1, 0.15) is 33.6 Å². The molecule has 4 heteroatoms. The lowest BCUT2D eigenvalue weighted by atomic mass is 10.2. The van der Waals surface area contributed by atoms with Gasteiger partial charge in [-0.25, -0.2) is 0 Å². The SMILES string of the molecule is CCN(CCCN(C)CCCNI)C(C)C. The van der Waals surface area contributed by atoms with E-state index in [0.29, 0.717) is 6.04 Å². The molecule has 0 unspecified atom stereocenters. The number of hydrogen-bond donors (Lipinski definition) is 1. The number of halogens is 1. The van der Waals surface area contributed by atoms with Crippen molar-refractivity contribution in [2.24, 2.45) is 0 Å². The molecule has 16 heavy (non-hydrogen) atoms. The summed E-state index contributed by atoms with van der Waals surface area (Å²) in [5, 5.41) is 0. The van der Waals surface area contributed by atoms with E-state index in [1.54, 1.807) is 0 Å². The Morgan fingerprint density at radius 3 is 2.25 bits per heavy atom. The first-order valence-corrected chi connectivity index (χ1v) is 7.45. The molecule has 0 amide bonds. The maximum Gasteiger partial charge on any atom is 0.0169 e. The predicted octanol–water partition coefficient (Wildman–Crippen LogP) is 2.37. The van der Waals surface area contributed by atoms with E-state index in [9.17, 15) is 0 Å². The van der Waals surface area contributed by atoms with Gasteiger partial charge in [-0.3, -0.25) is 3.53 Å². The number of nitrogens with zero attached hydrogens (tertiary/aromatic N) is 2. The molecule has 0 atom stereocenters. The number of hydrogen-bond acceptors (Lipinski definition) is 3. The van der Waals surface area contributed by atoms with E-state index in [1.807, 2.05) is 0 Å². The highest BCUT2D eigenvalue weighted by Crippen LogP contribution is 2.00. The molecule has 0 aliphatic carbocycles. The summed E-state index contributed by atoms with van der Waals surface area (Å²) >= 11 is 2.21. The Hall–Kier alpha value is 0.610. The fraction of sp³-hybridized carbons (Fsp3) is 1.00. The van der Waals surface area contributed by atoms with E-state index in [2.05, 4.69) is 64.0 Å². The average Bonchev–Trinajstić information content (AvgIpc) is 2.24. The molecule has 0 bridgehead atoms. The van der Waals surface area contributed by atoms with Crippen LogP contribution in [0.2, 0.25) is 0 Å². The standard InChI is InChI=1S/C12H28IN3/c1-5-16(12(2)3)11-7-10-15(4)9-6-8-14-13/h12,14H,5-11H2,1-4H3. The van der Waals surface area contributed by atoms with Gasteiger partial charge in [0.1, 0.15) is 0 Å². The molecule has 0 aliphatic heterocycles. The Morgan fingerprint density at radius 2 is 1.75 bits per heavy atom. The van der Waals surface area contributed by atoms with Gasteiger partial charge in [-0.2, -0.15) is 0 Å². The van der Waals surface area contributed by atoms with Crippen LogP contribution in [-0.2, 0) is 0 Å². The van der Waals surface area contributed by atoms with Crippen molar-refractivity contribution in [2.45, 2.75) is 39.7 Å². The van der Waals surface area contributed by atoms with Gasteiger partial charge in [-0.15, -0.1) is 0 Å². The Labute approximate surface area is 115 Å². The minimum Gasteiger partial charge on any atom is -0.306 e. The van der Waals surface area contributed by atoms with E-state index in [0.717, 1.165) is 6.54 Å². The van der Waals surface area contributed by atoms with Crippen LogP contribution in [0.5, 0.6) is 0 Å². The van der Waals surface area contributed by atoms with Gasteiger partial charge in [0.25, 0.3) is 0 Å². The predicted molar refractivity (Wildman–Crippen MR) is 81.1 cm³/mol. The summed E-state index contributed by atoms with van der Waals surface area (Å²) < 4.78 is 3.16. The topological polar surface area (TPSA) is 18.5 Å². The van der Waals surface area contributed by atoms with Gasteiger partial charge in [0, 0.05) is 35.5 Å². The Morgan fingerprint density at radius 1 is 1.12 bits per heavy atom. The van der Waals surface area contributed by atoms with E-state index in [1.165, 1.54) is 39.0 Å². The Kier molecular flexibility index (Phi) is 11.2. The van der Waals surface area contributed by atoms with Gasteiger partial charge in [0.05, 0.1) is 0 Å². The van der Waals surface area contributed by atoms with Crippen molar-refractivity contribution in [1.82, 2.24) is 13.3 Å². The van der Waals surface area contributed by atoms with Crippen LogP contribution in [0.15, 0.2) is 0 Å². The van der Waals surface area contributed by atoms with Crippen LogP contribution < -0.4 is 3.53 Å². The van der Waals surface area contributed by atoms with Crippen molar-refractivity contribution in [3.8, 4) is 0 Å². The van der Waals surface area contributed by atoms with Crippen molar-refractivity contribution in [2.75, 3.05) is 39.8 Å². The summed E-state index contributed by atoms with van der Waals surface area (Å²) in [5.41, 5.74) is 0. The molecule has 0 aromatic rings. The van der Waals surface area contributed by atoms with Gasteiger partial charge >= 0.3 is 0 Å². The lowest BCUT2D eigenvalue weighted by molar-refractivity contribution is 0.214. The van der Waals surface area contributed by atoms with Crippen LogP contribution in [-0.4, -0.2) is 55.6 Å². The summed E-state index contributed by atoms with van der Waals surface area (Å²) in [6, 6.07) is 0.679. The number of nitrogens with one attached hydrogen (secondary N) is 1. The van der Waals surface area contributed by atoms with Gasteiger partial charge in [0.2, 0.25) is 0 Å². The Balaban J connectivity index is 3.48. The molecule has 1 N–H and O–H groups in total. The second kappa shape index (κ2) is 10.7. The first-order chi connectivity index (χ1) is 7.61. The third kappa shape index (κ3) is 8.73. The average molecular weight is 341 g/mol. The monoisotopic (exact) mass is 341 g/mol. The van der Waals surface area contributed by atoms with Crippen molar-refractivity contribution < 1.29 is 0 Å². The third-order valence-electron chi connectivity index (χ3n) is 2.93. The summed E-state index contributed by atoms with van der Waals surface area (Å²) in [5.74, 6) is 0. The van der Waals surface area contributed by atoms with Crippen LogP contribution in [0.3, 0.4) is 0 Å². The maximum atomic E-state index is 3.16. The molecule has 3 nitrogen and oxygen atoms in total. The normalized spacial score (nSPS) is 12.0.